The molecule has 0 amide bonds. The van der Waals surface area contributed by atoms with E-state index >= 15 is 0 Å². The van der Waals surface area contributed by atoms with Crippen LogP contribution in [0.5, 0.6) is 0 Å². The largest absolute Gasteiger partial charge is 0.294 e. The third-order valence-electron chi connectivity index (χ3n) is 2.78. The van der Waals surface area contributed by atoms with Gasteiger partial charge in [-0.05, 0) is 25.0 Å². The average Bonchev–Trinajstić information content (AvgIpc) is 2.29. The van der Waals surface area contributed by atoms with E-state index < -0.39 is 9.05 Å². The molecule has 0 unspecified atom stereocenters. The van der Waals surface area contributed by atoms with Gasteiger partial charge in [0.1, 0.15) is 0 Å². The second-order valence-electron chi connectivity index (χ2n) is 3.84. The molecule has 0 saturated heterocycles. The van der Waals surface area contributed by atoms with E-state index in [9.17, 15) is 13.2 Å². The molecule has 1 aromatic rings. The van der Waals surface area contributed by atoms with E-state index in [1.165, 1.54) is 24.3 Å². The number of benzene rings is 1. The monoisotopic (exact) mass is 274 g/mol. The van der Waals surface area contributed by atoms with Crippen molar-refractivity contribution >= 4 is 25.5 Å². The van der Waals surface area contributed by atoms with Crippen LogP contribution in [0.3, 0.4) is 0 Å². The van der Waals surface area contributed by atoms with Gasteiger partial charge in [0.15, 0.2) is 5.78 Å². The number of carbonyl (C=O) groups is 1. The Balaban J connectivity index is 2.99. The van der Waals surface area contributed by atoms with Crippen molar-refractivity contribution in [2.24, 2.45) is 5.92 Å². The van der Waals surface area contributed by atoms with E-state index in [4.69, 9.17) is 10.7 Å². The summed E-state index contributed by atoms with van der Waals surface area (Å²) in [7, 11) is 1.48. The van der Waals surface area contributed by atoms with Crippen molar-refractivity contribution in [1.29, 1.82) is 0 Å². The normalized spacial score (nSPS) is 11.8. The van der Waals surface area contributed by atoms with Crippen LogP contribution in [0, 0.1) is 5.92 Å². The molecular weight excluding hydrogens is 260 g/mol. The van der Waals surface area contributed by atoms with Crippen molar-refractivity contribution in [3.63, 3.8) is 0 Å². The molecule has 0 heterocycles. The van der Waals surface area contributed by atoms with Crippen LogP contribution in [-0.4, -0.2) is 14.2 Å². The second kappa shape index (κ2) is 5.65. The fraction of sp³-hybridized carbons (Fsp3) is 0.417. The van der Waals surface area contributed by atoms with Gasteiger partial charge in [-0.15, -0.1) is 0 Å². The Hall–Kier alpha value is -0.870. The summed E-state index contributed by atoms with van der Waals surface area (Å²) in [6.45, 7) is 3.92. The van der Waals surface area contributed by atoms with Crippen LogP contribution in [0.25, 0.3) is 0 Å². The number of ketones is 1. The average molecular weight is 275 g/mol. The molecule has 0 bridgehead atoms. The number of carbonyl (C=O) groups excluding carboxylic acids is 1. The summed E-state index contributed by atoms with van der Waals surface area (Å²) in [5, 5.41) is 0. The van der Waals surface area contributed by atoms with E-state index in [1.54, 1.807) is 0 Å². The van der Waals surface area contributed by atoms with Crippen LogP contribution in [-0.2, 0) is 9.05 Å². The van der Waals surface area contributed by atoms with Gasteiger partial charge in [-0.2, -0.15) is 0 Å². The zero-order chi connectivity index (χ0) is 13.1. The maximum atomic E-state index is 12.0. The van der Waals surface area contributed by atoms with E-state index in [2.05, 4.69) is 0 Å². The van der Waals surface area contributed by atoms with Crippen molar-refractivity contribution < 1.29 is 13.2 Å². The molecule has 0 fully saturated rings. The molecule has 0 spiro atoms. The van der Waals surface area contributed by atoms with E-state index in [-0.39, 0.29) is 16.6 Å². The molecule has 0 aliphatic rings. The van der Waals surface area contributed by atoms with Crippen LogP contribution in [0.2, 0.25) is 0 Å². The van der Waals surface area contributed by atoms with Gasteiger partial charge in [0.05, 0.1) is 4.90 Å². The van der Waals surface area contributed by atoms with Gasteiger partial charge in [-0.1, -0.05) is 26.0 Å². The molecule has 5 heteroatoms. The lowest BCUT2D eigenvalue weighted by molar-refractivity contribution is 0.0913. The van der Waals surface area contributed by atoms with Gasteiger partial charge in [0, 0.05) is 22.2 Å². The molecule has 17 heavy (non-hydrogen) atoms. The van der Waals surface area contributed by atoms with Crippen LogP contribution < -0.4 is 0 Å². The number of Topliss-reactive ketones (excluding diaryl/α,β-unsaturated/α-hetero) is 1. The first-order valence-corrected chi connectivity index (χ1v) is 7.80. The summed E-state index contributed by atoms with van der Waals surface area (Å²) >= 11 is 0. The summed E-state index contributed by atoms with van der Waals surface area (Å²) in [5.74, 6) is 0.0435. The SMILES string of the molecule is CCC(CC)C(=O)c1ccc(S(=O)(=O)Cl)cc1. The lowest BCUT2D eigenvalue weighted by Gasteiger charge is -2.10. The fourth-order valence-electron chi connectivity index (χ4n) is 1.68. The van der Waals surface area contributed by atoms with Crippen molar-refractivity contribution in [2.75, 3.05) is 0 Å². The molecule has 0 aromatic heterocycles. The van der Waals surface area contributed by atoms with Crippen LogP contribution in [0.4, 0.5) is 0 Å². The number of halogens is 1. The Bertz CT molecular complexity index is 487. The summed E-state index contributed by atoms with van der Waals surface area (Å²) < 4.78 is 22.1. The predicted octanol–water partition coefficient (Wildman–Crippen LogP) is 3.23. The molecule has 3 nitrogen and oxygen atoms in total. The van der Waals surface area contributed by atoms with Gasteiger partial charge in [0.25, 0.3) is 9.05 Å². The van der Waals surface area contributed by atoms with Crippen LogP contribution in [0.1, 0.15) is 37.0 Å². The number of hydrogen-bond acceptors (Lipinski definition) is 3. The number of rotatable bonds is 5. The van der Waals surface area contributed by atoms with Gasteiger partial charge in [-0.25, -0.2) is 8.42 Å². The summed E-state index contributed by atoms with van der Waals surface area (Å²) in [6.07, 6.45) is 1.57. The fourth-order valence-corrected chi connectivity index (χ4v) is 2.45. The van der Waals surface area contributed by atoms with Gasteiger partial charge in [-0.3, -0.25) is 4.79 Å². The zero-order valence-corrected chi connectivity index (χ0v) is 11.4. The second-order valence-corrected chi connectivity index (χ2v) is 6.41. The lowest BCUT2D eigenvalue weighted by atomic mass is 9.93. The lowest BCUT2D eigenvalue weighted by Crippen LogP contribution is -2.12. The first-order valence-electron chi connectivity index (χ1n) is 5.49. The minimum absolute atomic E-state index is 0.00606. The minimum atomic E-state index is -3.72. The molecule has 94 valence electrons. The number of hydrogen-bond donors (Lipinski definition) is 0. The van der Waals surface area contributed by atoms with Gasteiger partial charge >= 0.3 is 0 Å². The van der Waals surface area contributed by atoms with Gasteiger partial charge < -0.3 is 0 Å². The zero-order valence-electron chi connectivity index (χ0n) is 9.81. The Morgan fingerprint density at radius 1 is 1.18 bits per heavy atom. The third kappa shape index (κ3) is 3.54. The molecule has 1 rings (SSSR count). The molecule has 0 atom stereocenters. The molecule has 0 saturated carbocycles. The van der Waals surface area contributed by atoms with E-state index in [0.717, 1.165) is 12.8 Å². The molecule has 0 aliphatic carbocycles. The van der Waals surface area contributed by atoms with Crippen molar-refractivity contribution in [1.82, 2.24) is 0 Å². The highest BCUT2D eigenvalue weighted by atomic mass is 35.7. The van der Waals surface area contributed by atoms with E-state index in [0.29, 0.717) is 5.56 Å². The Morgan fingerprint density at radius 3 is 2.00 bits per heavy atom. The van der Waals surface area contributed by atoms with Crippen LogP contribution >= 0.6 is 10.7 Å². The maximum Gasteiger partial charge on any atom is 0.261 e. The maximum absolute atomic E-state index is 12.0. The minimum Gasteiger partial charge on any atom is -0.294 e. The molecule has 0 radical (unpaired) electrons. The quantitative estimate of drug-likeness (QED) is 0.612. The Morgan fingerprint density at radius 2 is 1.65 bits per heavy atom. The molecule has 0 aliphatic heterocycles. The van der Waals surface area contributed by atoms with Crippen molar-refractivity contribution in [3.05, 3.63) is 29.8 Å². The Labute approximate surface area is 106 Å². The first kappa shape index (κ1) is 14.2. The summed E-state index contributed by atoms with van der Waals surface area (Å²) in [5.41, 5.74) is 0.530. The van der Waals surface area contributed by atoms with Crippen molar-refractivity contribution in [2.45, 2.75) is 31.6 Å². The topological polar surface area (TPSA) is 51.2 Å². The summed E-state index contributed by atoms with van der Waals surface area (Å²) in [4.78, 5) is 12.0. The highest BCUT2D eigenvalue weighted by molar-refractivity contribution is 8.13. The first-order chi connectivity index (χ1) is 7.90. The molecule has 1 aromatic carbocycles. The molecule has 0 N–H and O–H groups in total. The van der Waals surface area contributed by atoms with Crippen LogP contribution in [0.15, 0.2) is 29.2 Å². The summed E-state index contributed by atoms with van der Waals surface area (Å²) in [6, 6.07) is 5.74. The smallest absolute Gasteiger partial charge is 0.261 e. The Kier molecular flexibility index (Phi) is 4.71. The third-order valence-corrected chi connectivity index (χ3v) is 4.15. The highest BCUT2D eigenvalue weighted by Gasteiger charge is 2.17. The van der Waals surface area contributed by atoms with Crippen molar-refractivity contribution in [3.8, 4) is 0 Å². The predicted molar refractivity (Wildman–Crippen MR) is 67.9 cm³/mol. The molecular formula is C12H15ClO3S. The standard InChI is InChI=1S/C12H15ClO3S/c1-3-9(4-2)12(14)10-5-7-11(8-6-10)17(13,15)16/h5-9H,3-4H2,1-2H3. The van der Waals surface area contributed by atoms with Gasteiger partial charge in [0.2, 0.25) is 0 Å². The highest BCUT2D eigenvalue weighted by Crippen LogP contribution is 2.19. The van der Waals surface area contributed by atoms with E-state index in [1.807, 2.05) is 13.8 Å².